The number of hydrogen-bond acceptors (Lipinski definition) is 3. The molecule has 1 amide bonds. The van der Waals surface area contributed by atoms with E-state index in [0.29, 0.717) is 21.3 Å². The molecule has 0 spiro atoms. The summed E-state index contributed by atoms with van der Waals surface area (Å²) in [5.74, 6) is -0.998. The van der Waals surface area contributed by atoms with Crippen LogP contribution in [-0.4, -0.2) is 17.0 Å². The number of rotatable bonds is 3. The van der Waals surface area contributed by atoms with Crippen LogP contribution in [0.15, 0.2) is 52.1 Å². The molecule has 0 aliphatic rings. The third-order valence-corrected chi connectivity index (χ3v) is 3.35. The minimum absolute atomic E-state index is 0.0978. The Hall–Kier alpha value is -2.41. The summed E-state index contributed by atoms with van der Waals surface area (Å²) >= 11 is 3.04. The second-order valence-corrected chi connectivity index (χ2v) is 5.00. The summed E-state index contributed by atoms with van der Waals surface area (Å²) in [5, 5.41) is 14.1. The van der Waals surface area contributed by atoms with E-state index in [-0.39, 0.29) is 5.84 Å². The van der Waals surface area contributed by atoms with E-state index < -0.39 is 11.7 Å². The Labute approximate surface area is 128 Å². The van der Waals surface area contributed by atoms with Crippen molar-refractivity contribution in [2.45, 2.75) is 0 Å². The monoisotopic (exact) mass is 351 g/mol. The van der Waals surface area contributed by atoms with E-state index >= 15 is 0 Å². The quantitative estimate of drug-likeness (QED) is 0.344. The van der Waals surface area contributed by atoms with Crippen LogP contribution in [0.2, 0.25) is 0 Å². The maximum absolute atomic E-state index is 13.4. The standard InChI is InChI=1S/C14H11BrFN3O2/c15-11-5-4-10(7-12(11)16)18-14(20)9-3-1-2-8(6-9)13(17)19-21/h1-7,21H,(H2,17,19)(H,18,20). The molecule has 108 valence electrons. The number of nitrogens with two attached hydrogens (primary N) is 1. The molecular weight excluding hydrogens is 341 g/mol. The van der Waals surface area contributed by atoms with Crippen LogP contribution in [0, 0.1) is 5.82 Å². The summed E-state index contributed by atoms with van der Waals surface area (Å²) in [6.07, 6.45) is 0. The number of amides is 1. The van der Waals surface area contributed by atoms with Crippen molar-refractivity contribution in [1.82, 2.24) is 0 Å². The topological polar surface area (TPSA) is 87.7 Å². The lowest BCUT2D eigenvalue weighted by Crippen LogP contribution is -2.16. The maximum Gasteiger partial charge on any atom is 0.255 e. The molecule has 0 saturated carbocycles. The fourth-order valence-corrected chi connectivity index (χ4v) is 1.90. The van der Waals surface area contributed by atoms with Gasteiger partial charge in [0.1, 0.15) is 5.82 Å². The van der Waals surface area contributed by atoms with Gasteiger partial charge in [0.2, 0.25) is 0 Å². The van der Waals surface area contributed by atoms with Crippen molar-refractivity contribution in [3.05, 3.63) is 63.9 Å². The van der Waals surface area contributed by atoms with E-state index in [9.17, 15) is 9.18 Å². The van der Waals surface area contributed by atoms with Crippen molar-refractivity contribution >= 4 is 33.4 Å². The highest BCUT2D eigenvalue weighted by Crippen LogP contribution is 2.20. The Morgan fingerprint density at radius 2 is 1.95 bits per heavy atom. The Kier molecular flexibility index (Phi) is 4.54. The molecule has 0 saturated heterocycles. The highest BCUT2D eigenvalue weighted by molar-refractivity contribution is 9.10. The van der Waals surface area contributed by atoms with Crippen LogP contribution in [0.3, 0.4) is 0 Å². The molecule has 7 heteroatoms. The third kappa shape index (κ3) is 3.57. The maximum atomic E-state index is 13.4. The SMILES string of the molecule is NC(=NO)c1cccc(C(=O)Nc2ccc(Br)c(F)c2)c1. The summed E-state index contributed by atoms with van der Waals surface area (Å²) in [6, 6.07) is 10.5. The molecule has 0 aromatic heterocycles. The van der Waals surface area contributed by atoms with E-state index in [1.54, 1.807) is 24.3 Å². The molecule has 5 nitrogen and oxygen atoms in total. The summed E-state index contributed by atoms with van der Waals surface area (Å²) in [5.41, 5.74) is 6.51. The number of oxime groups is 1. The van der Waals surface area contributed by atoms with E-state index in [4.69, 9.17) is 10.9 Å². The second kappa shape index (κ2) is 6.36. The zero-order valence-electron chi connectivity index (χ0n) is 10.7. The van der Waals surface area contributed by atoms with Gasteiger partial charge in [-0.3, -0.25) is 4.79 Å². The van der Waals surface area contributed by atoms with Gasteiger partial charge in [-0.1, -0.05) is 17.3 Å². The van der Waals surface area contributed by atoms with E-state index in [1.165, 1.54) is 18.2 Å². The van der Waals surface area contributed by atoms with Crippen LogP contribution in [-0.2, 0) is 0 Å². The molecule has 2 aromatic rings. The molecule has 0 heterocycles. The minimum atomic E-state index is -0.474. The van der Waals surface area contributed by atoms with Gasteiger partial charge in [-0.15, -0.1) is 0 Å². The van der Waals surface area contributed by atoms with Gasteiger partial charge in [0, 0.05) is 16.8 Å². The fourth-order valence-electron chi connectivity index (χ4n) is 1.65. The predicted molar refractivity (Wildman–Crippen MR) is 81.0 cm³/mol. The van der Waals surface area contributed by atoms with Crippen molar-refractivity contribution in [2.75, 3.05) is 5.32 Å². The average molecular weight is 352 g/mol. The van der Waals surface area contributed by atoms with Crippen molar-refractivity contribution in [1.29, 1.82) is 0 Å². The molecule has 2 rings (SSSR count). The van der Waals surface area contributed by atoms with E-state index in [0.717, 1.165) is 0 Å². The molecule has 0 fully saturated rings. The van der Waals surface area contributed by atoms with Crippen LogP contribution < -0.4 is 11.1 Å². The molecule has 0 atom stereocenters. The van der Waals surface area contributed by atoms with Gasteiger partial charge in [0.15, 0.2) is 5.84 Å². The van der Waals surface area contributed by atoms with E-state index in [1.807, 2.05) is 0 Å². The minimum Gasteiger partial charge on any atom is -0.409 e. The van der Waals surface area contributed by atoms with Crippen LogP contribution >= 0.6 is 15.9 Å². The number of carbonyl (C=O) groups excluding carboxylic acids is 1. The van der Waals surface area contributed by atoms with Gasteiger partial charge in [-0.05, 0) is 46.3 Å². The molecule has 2 aromatic carbocycles. The van der Waals surface area contributed by atoms with Crippen LogP contribution in [0.1, 0.15) is 15.9 Å². The lowest BCUT2D eigenvalue weighted by molar-refractivity contribution is 0.102. The fraction of sp³-hybridized carbons (Fsp3) is 0. The molecule has 0 aliphatic carbocycles. The Morgan fingerprint density at radius 3 is 2.62 bits per heavy atom. The van der Waals surface area contributed by atoms with Crippen molar-refractivity contribution in [3.63, 3.8) is 0 Å². The first kappa shape index (κ1) is 15.0. The van der Waals surface area contributed by atoms with Gasteiger partial charge in [0.25, 0.3) is 5.91 Å². The van der Waals surface area contributed by atoms with E-state index in [2.05, 4.69) is 26.4 Å². The number of hydrogen-bond donors (Lipinski definition) is 3. The first-order chi connectivity index (χ1) is 10.0. The number of halogens is 2. The normalized spacial score (nSPS) is 11.2. The summed E-state index contributed by atoms with van der Waals surface area (Å²) in [4.78, 5) is 12.1. The van der Waals surface area contributed by atoms with Gasteiger partial charge < -0.3 is 16.3 Å². The largest absolute Gasteiger partial charge is 0.409 e. The van der Waals surface area contributed by atoms with Gasteiger partial charge in [0.05, 0.1) is 4.47 Å². The number of benzene rings is 2. The molecule has 0 unspecified atom stereocenters. The van der Waals surface area contributed by atoms with Crippen LogP contribution in [0.5, 0.6) is 0 Å². The number of nitrogens with one attached hydrogen (secondary N) is 1. The first-order valence-electron chi connectivity index (χ1n) is 5.85. The number of amidine groups is 1. The Morgan fingerprint density at radius 1 is 1.24 bits per heavy atom. The number of carbonyl (C=O) groups is 1. The van der Waals surface area contributed by atoms with Crippen molar-refractivity contribution in [3.8, 4) is 0 Å². The first-order valence-corrected chi connectivity index (χ1v) is 6.65. The predicted octanol–water partition coefficient (Wildman–Crippen LogP) is 2.94. The highest BCUT2D eigenvalue weighted by Gasteiger charge is 2.09. The summed E-state index contributed by atoms with van der Waals surface area (Å²) in [6.45, 7) is 0. The van der Waals surface area contributed by atoms with Gasteiger partial charge in [-0.2, -0.15) is 0 Å². The molecule has 0 radical (unpaired) electrons. The number of anilines is 1. The average Bonchev–Trinajstić information content (AvgIpc) is 2.50. The van der Waals surface area contributed by atoms with Crippen molar-refractivity contribution < 1.29 is 14.4 Å². The molecule has 0 aliphatic heterocycles. The lowest BCUT2D eigenvalue weighted by Gasteiger charge is -2.07. The second-order valence-electron chi connectivity index (χ2n) is 4.15. The zero-order valence-corrected chi connectivity index (χ0v) is 12.3. The Bertz CT molecular complexity index is 719. The molecular formula is C14H11BrFN3O2. The third-order valence-electron chi connectivity index (χ3n) is 2.71. The smallest absolute Gasteiger partial charge is 0.255 e. The summed E-state index contributed by atoms with van der Waals surface area (Å²) in [7, 11) is 0. The Balaban J connectivity index is 2.22. The number of nitrogens with zero attached hydrogens (tertiary/aromatic N) is 1. The molecule has 4 N–H and O–H groups in total. The highest BCUT2D eigenvalue weighted by atomic mass is 79.9. The zero-order chi connectivity index (χ0) is 15.4. The van der Waals surface area contributed by atoms with Crippen LogP contribution in [0.4, 0.5) is 10.1 Å². The van der Waals surface area contributed by atoms with Crippen molar-refractivity contribution in [2.24, 2.45) is 10.9 Å². The molecule has 0 bridgehead atoms. The van der Waals surface area contributed by atoms with Crippen LogP contribution in [0.25, 0.3) is 0 Å². The lowest BCUT2D eigenvalue weighted by atomic mass is 10.1. The van der Waals surface area contributed by atoms with Gasteiger partial charge >= 0.3 is 0 Å². The van der Waals surface area contributed by atoms with Gasteiger partial charge in [-0.25, -0.2) is 4.39 Å². The summed E-state index contributed by atoms with van der Waals surface area (Å²) < 4.78 is 13.7. The molecule has 21 heavy (non-hydrogen) atoms.